The third kappa shape index (κ3) is 4.37. The summed E-state index contributed by atoms with van der Waals surface area (Å²) in [4.78, 5) is 37.2. The van der Waals surface area contributed by atoms with Crippen LogP contribution >= 0.6 is 0 Å². The molecular formula is C29H42O5. The minimum absolute atomic E-state index is 0.00339. The molecule has 7 atom stereocenters. The number of hydrogen-bond acceptors (Lipinski definition) is 5. The zero-order valence-electron chi connectivity index (χ0n) is 21.1. The van der Waals surface area contributed by atoms with E-state index in [1.54, 1.807) is 0 Å². The van der Waals surface area contributed by atoms with Crippen molar-refractivity contribution in [3.63, 3.8) is 0 Å². The van der Waals surface area contributed by atoms with Crippen LogP contribution in [0.1, 0.15) is 97.3 Å². The van der Waals surface area contributed by atoms with Gasteiger partial charge in [0.15, 0.2) is 12.4 Å². The molecule has 0 aromatic rings. The van der Waals surface area contributed by atoms with Gasteiger partial charge >= 0.3 is 11.9 Å². The molecule has 0 unspecified atom stereocenters. The fraction of sp³-hybridized carbons (Fsp3) is 0.828. The number of allylic oxidation sites excluding steroid dienone is 1. The molecule has 4 saturated carbocycles. The van der Waals surface area contributed by atoms with Gasteiger partial charge in [0.05, 0.1) is 5.92 Å². The van der Waals surface area contributed by atoms with Crippen LogP contribution in [-0.4, -0.2) is 30.4 Å². The van der Waals surface area contributed by atoms with Crippen molar-refractivity contribution in [2.75, 3.05) is 6.61 Å². The first-order valence-corrected chi connectivity index (χ1v) is 14.0. The lowest BCUT2D eigenvalue weighted by molar-refractivity contribution is -0.173. The molecular weight excluding hydrogens is 428 g/mol. The summed E-state index contributed by atoms with van der Waals surface area (Å²) in [5.41, 5.74) is 1.41. The summed E-state index contributed by atoms with van der Waals surface area (Å²) >= 11 is 0. The number of carbonyl (C=O) groups is 3. The summed E-state index contributed by atoms with van der Waals surface area (Å²) in [6.45, 7) is 4.31. The Morgan fingerprint density at radius 2 is 1.82 bits per heavy atom. The van der Waals surface area contributed by atoms with E-state index in [4.69, 9.17) is 9.47 Å². The molecule has 5 heteroatoms. The van der Waals surface area contributed by atoms with Crippen LogP contribution < -0.4 is 0 Å². The van der Waals surface area contributed by atoms with Crippen molar-refractivity contribution in [3.05, 3.63) is 11.6 Å². The maximum absolute atomic E-state index is 12.8. The van der Waals surface area contributed by atoms with Crippen LogP contribution in [0.3, 0.4) is 0 Å². The molecule has 0 aliphatic heterocycles. The maximum atomic E-state index is 12.8. The van der Waals surface area contributed by atoms with Gasteiger partial charge in [-0.15, -0.1) is 0 Å². The molecule has 4 fully saturated rings. The van der Waals surface area contributed by atoms with Crippen molar-refractivity contribution < 1.29 is 23.9 Å². The molecule has 34 heavy (non-hydrogen) atoms. The summed E-state index contributed by atoms with van der Waals surface area (Å²) in [5, 5.41) is 0. The molecule has 0 radical (unpaired) electrons. The second-order valence-electron chi connectivity index (χ2n) is 12.1. The van der Waals surface area contributed by atoms with E-state index < -0.39 is 0 Å². The minimum atomic E-state index is -0.378. The van der Waals surface area contributed by atoms with Crippen molar-refractivity contribution in [3.8, 4) is 0 Å². The van der Waals surface area contributed by atoms with Crippen LogP contribution in [0.5, 0.6) is 0 Å². The molecule has 0 N–H and O–H groups in total. The van der Waals surface area contributed by atoms with Gasteiger partial charge in [-0.2, -0.15) is 0 Å². The highest BCUT2D eigenvalue weighted by molar-refractivity contribution is 5.91. The number of hydrogen-bond donors (Lipinski definition) is 0. The van der Waals surface area contributed by atoms with Gasteiger partial charge in [0.2, 0.25) is 0 Å². The molecule has 0 spiro atoms. The smallest absolute Gasteiger partial charge is 0.344 e. The van der Waals surface area contributed by atoms with E-state index in [0.29, 0.717) is 41.8 Å². The molecule has 5 nitrogen and oxygen atoms in total. The molecule has 188 valence electrons. The lowest BCUT2D eigenvalue weighted by atomic mass is 9.52. The lowest BCUT2D eigenvalue weighted by Crippen LogP contribution is -2.49. The van der Waals surface area contributed by atoms with Crippen LogP contribution in [-0.2, 0) is 23.9 Å². The Labute approximate surface area is 204 Å². The van der Waals surface area contributed by atoms with Crippen LogP contribution in [0.15, 0.2) is 11.6 Å². The average molecular weight is 471 g/mol. The molecule has 0 heterocycles. The normalized spacial score (nSPS) is 39.9. The van der Waals surface area contributed by atoms with Crippen LogP contribution in [0, 0.1) is 40.9 Å². The molecule has 0 aromatic heterocycles. The maximum Gasteiger partial charge on any atom is 0.344 e. The average Bonchev–Trinajstić information content (AvgIpc) is 3.14. The minimum Gasteiger partial charge on any atom is -0.459 e. The number of rotatable bonds is 5. The van der Waals surface area contributed by atoms with E-state index in [0.717, 1.165) is 70.6 Å². The summed E-state index contributed by atoms with van der Waals surface area (Å²) in [5.74, 6) is 2.53. The van der Waals surface area contributed by atoms with Gasteiger partial charge < -0.3 is 9.47 Å². The van der Waals surface area contributed by atoms with Crippen molar-refractivity contribution in [1.29, 1.82) is 0 Å². The summed E-state index contributed by atoms with van der Waals surface area (Å²) < 4.78 is 11.6. The largest absolute Gasteiger partial charge is 0.459 e. The van der Waals surface area contributed by atoms with E-state index in [1.807, 2.05) is 6.08 Å². The molecule has 0 amide bonds. The van der Waals surface area contributed by atoms with Gasteiger partial charge in [0.1, 0.15) is 6.10 Å². The van der Waals surface area contributed by atoms with Crippen LogP contribution in [0.2, 0.25) is 0 Å². The van der Waals surface area contributed by atoms with Gasteiger partial charge in [-0.1, -0.05) is 38.7 Å². The fourth-order valence-corrected chi connectivity index (χ4v) is 8.69. The predicted octanol–water partition coefficient (Wildman–Crippen LogP) is 5.80. The van der Waals surface area contributed by atoms with Crippen molar-refractivity contribution in [1.82, 2.24) is 0 Å². The van der Waals surface area contributed by atoms with Crippen molar-refractivity contribution >= 4 is 17.7 Å². The van der Waals surface area contributed by atoms with Gasteiger partial charge in [0.25, 0.3) is 0 Å². The molecule has 0 saturated heterocycles. The monoisotopic (exact) mass is 470 g/mol. The van der Waals surface area contributed by atoms with Crippen molar-refractivity contribution in [2.24, 2.45) is 40.9 Å². The molecule has 0 bridgehead atoms. The summed E-state index contributed by atoms with van der Waals surface area (Å²) in [7, 11) is 0. The van der Waals surface area contributed by atoms with E-state index in [1.165, 1.54) is 12.0 Å². The van der Waals surface area contributed by atoms with Crippen LogP contribution in [0.25, 0.3) is 0 Å². The van der Waals surface area contributed by atoms with Crippen LogP contribution in [0.4, 0.5) is 0 Å². The van der Waals surface area contributed by atoms with Gasteiger partial charge in [-0.05, 0) is 93.5 Å². The van der Waals surface area contributed by atoms with Gasteiger partial charge in [0, 0.05) is 11.8 Å². The van der Waals surface area contributed by atoms with E-state index in [9.17, 15) is 14.4 Å². The Morgan fingerprint density at radius 3 is 2.59 bits per heavy atom. The third-order valence-corrected chi connectivity index (χ3v) is 10.4. The molecule has 5 aliphatic carbocycles. The zero-order valence-corrected chi connectivity index (χ0v) is 21.1. The molecule has 5 rings (SSSR count). The highest BCUT2D eigenvalue weighted by atomic mass is 16.6. The second-order valence-corrected chi connectivity index (χ2v) is 12.1. The zero-order chi connectivity index (χ0) is 23.9. The first-order chi connectivity index (χ1) is 16.4. The standard InChI is InChI=1S/C29H42O5/c1-3-18-16-25-24-11-9-20-15-21(30)10-12-22(20)23(24)13-14-29(25,2)27(18)34-26(31)17-33-28(32)19-7-5-4-6-8-19/h15,18-19,22-25,27H,3-14,16-17H2,1-2H3/t18-,22-,23+,24+,25-,27-,29-/m0/s1. The summed E-state index contributed by atoms with van der Waals surface area (Å²) in [6, 6.07) is 0. The highest BCUT2D eigenvalue weighted by Crippen LogP contribution is 2.64. The SMILES string of the molecule is CC[C@H]1C[C@H]2[C@@H]3CCC4=CC(=O)CC[C@@H]4[C@H]3CC[C@]2(C)[C@H]1OC(=O)COC(=O)C1CCCCC1. The number of ketones is 1. The quantitative estimate of drug-likeness (QED) is 0.475. The Hall–Kier alpha value is -1.65. The Balaban J connectivity index is 1.24. The highest BCUT2D eigenvalue weighted by Gasteiger charge is 2.60. The number of esters is 2. The number of fused-ring (bicyclic) bond motifs is 5. The Kier molecular flexibility index (Phi) is 6.92. The number of carbonyl (C=O) groups excluding carboxylic acids is 3. The second kappa shape index (κ2) is 9.78. The summed E-state index contributed by atoms with van der Waals surface area (Å²) in [6.07, 6.45) is 15.3. The molecule has 0 aromatic carbocycles. The topological polar surface area (TPSA) is 69.7 Å². The van der Waals surface area contributed by atoms with E-state index in [2.05, 4.69) is 13.8 Å². The van der Waals surface area contributed by atoms with E-state index >= 15 is 0 Å². The fourth-order valence-electron chi connectivity index (χ4n) is 8.69. The molecule has 5 aliphatic rings. The Bertz CT molecular complexity index is 839. The van der Waals surface area contributed by atoms with Gasteiger partial charge in [-0.3, -0.25) is 9.59 Å². The Morgan fingerprint density at radius 1 is 1.03 bits per heavy atom. The first-order valence-electron chi connectivity index (χ1n) is 14.0. The number of ether oxygens (including phenoxy) is 2. The lowest BCUT2D eigenvalue weighted by Gasteiger charge is -2.53. The van der Waals surface area contributed by atoms with Crippen molar-refractivity contribution in [2.45, 2.75) is 103 Å². The first kappa shape index (κ1) is 24.1. The predicted molar refractivity (Wildman–Crippen MR) is 129 cm³/mol. The van der Waals surface area contributed by atoms with Gasteiger partial charge in [-0.25, -0.2) is 4.79 Å². The van der Waals surface area contributed by atoms with E-state index in [-0.39, 0.29) is 36.0 Å². The third-order valence-electron chi connectivity index (χ3n) is 10.4.